The summed E-state index contributed by atoms with van der Waals surface area (Å²) in [5.41, 5.74) is 1.27. The van der Waals surface area contributed by atoms with E-state index in [9.17, 15) is 14.7 Å². The molecule has 1 amide bonds. The molecule has 1 atom stereocenters. The van der Waals surface area contributed by atoms with Crippen LogP contribution in [-0.2, 0) is 9.59 Å². The van der Waals surface area contributed by atoms with Crippen molar-refractivity contribution < 1.29 is 19.4 Å². The fourth-order valence-corrected chi connectivity index (χ4v) is 3.43. The van der Waals surface area contributed by atoms with E-state index in [1.807, 2.05) is 32.8 Å². The van der Waals surface area contributed by atoms with Gasteiger partial charge in [-0.2, -0.15) is 0 Å². The number of carbonyl (C=O) groups is 2. The number of benzene rings is 1. The van der Waals surface area contributed by atoms with Gasteiger partial charge in [0.2, 0.25) is 0 Å². The van der Waals surface area contributed by atoms with E-state index in [1.54, 1.807) is 48.8 Å². The maximum atomic E-state index is 12.9. The van der Waals surface area contributed by atoms with E-state index in [1.165, 1.54) is 4.90 Å². The molecular formula is C23H27N3O4. The minimum absolute atomic E-state index is 0.0261. The van der Waals surface area contributed by atoms with Gasteiger partial charge in [0, 0.05) is 31.0 Å². The number of ketones is 1. The molecule has 0 saturated carbocycles. The second kappa shape index (κ2) is 9.09. The number of likely N-dealkylation sites (N-methyl/N-ethyl adjacent to an activating group) is 1. The lowest BCUT2D eigenvalue weighted by atomic mass is 9.96. The van der Waals surface area contributed by atoms with Crippen LogP contribution in [0.3, 0.4) is 0 Å². The summed E-state index contributed by atoms with van der Waals surface area (Å²) in [7, 11) is 3.80. The van der Waals surface area contributed by atoms with E-state index < -0.39 is 17.7 Å². The molecule has 1 saturated heterocycles. The summed E-state index contributed by atoms with van der Waals surface area (Å²) >= 11 is 0. The Balaban J connectivity index is 2.05. The number of pyridine rings is 1. The predicted molar refractivity (Wildman–Crippen MR) is 114 cm³/mol. The summed E-state index contributed by atoms with van der Waals surface area (Å²) in [6.07, 6.45) is 3.25. The largest absolute Gasteiger partial charge is 0.507 e. The molecule has 1 aromatic carbocycles. The number of aliphatic hydroxyl groups is 1. The molecule has 158 valence electrons. The van der Waals surface area contributed by atoms with E-state index in [2.05, 4.69) is 4.98 Å². The zero-order valence-corrected chi connectivity index (χ0v) is 17.7. The van der Waals surface area contributed by atoms with Crippen molar-refractivity contribution in [3.05, 3.63) is 65.5 Å². The predicted octanol–water partition coefficient (Wildman–Crippen LogP) is 2.85. The molecule has 1 aliphatic rings. The first-order valence-corrected chi connectivity index (χ1v) is 9.89. The zero-order chi connectivity index (χ0) is 21.8. The SMILES string of the molecule is CC(C)Oc1ccc(/C(O)=C2\C(=O)C(=O)N(CCN(C)C)[C@@H]2c2ccncc2)cc1. The average molecular weight is 409 g/mol. The van der Waals surface area contributed by atoms with Gasteiger partial charge in [-0.1, -0.05) is 0 Å². The smallest absolute Gasteiger partial charge is 0.295 e. The number of Topliss-reactive ketones (excluding diaryl/α,β-unsaturated/α-hetero) is 1. The third-order valence-electron chi connectivity index (χ3n) is 4.85. The molecule has 1 fully saturated rings. The number of aromatic nitrogens is 1. The molecule has 0 spiro atoms. The van der Waals surface area contributed by atoms with Gasteiger partial charge in [-0.25, -0.2) is 0 Å². The number of carbonyl (C=O) groups excluding carboxylic acids is 2. The minimum atomic E-state index is -0.685. The lowest BCUT2D eigenvalue weighted by Crippen LogP contribution is -2.35. The third kappa shape index (κ3) is 4.52. The van der Waals surface area contributed by atoms with Crippen LogP contribution in [0.15, 0.2) is 54.4 Å². The third-order valence-corrected chi connectivity index (χ3v) is 4.85. The Bertz CT molecular complexity index is 937. The molecular weight excluding hydrogens is 382 g/mol. The van der Waals surface area contributed by atoms with Gasteiger partial charge in [0.25, 0.3) is 11.7 Å². The normalized spacial score (nSPS) is 18.5. The first kappa shape index (κ1) is 21.5. The molecule has 7 heteroatoms. The average Bonchev–Trinajstić information content (AvgIpc) is 2.97. The standard InChI is InChI=1S/C23H27N3O4/c1-15(2)30-18-7-5-17(6-8-18)21(27)19-20(16-9-11-24-12-10-16)26(14-13-25(3)4)23(29)22(19)28/h5-12,15,20,27H,13-14H2,1-4H3/b21-19+/t20-/m1/s1. The van der Waals surface area contributed by atoms with E-state index in [0.29, 0.717) is 24.4 Å². The lowest BCUT2D eigenvalue weighted by Gasteiger charge is -2.26. The van der Waals surface area contributed by atoms with Crippen LogP contribution < -0.4 is 4.74 Å². The number of aliphatic hydroxyl groups excluding tert-OH is 1. The summed E-state index contributed by atoms with van der Waals surface area (Å²) in [6, 6.07) is 9.68. The number of hydrogen-bond acceptors (Lipinski definition) is 6. The Morgan fingerprint density at radius 1 is 1.13 bits per heavy atom. The van der Waals surface area contributed by atoms with Crippen LogP contribution in [-0.4, -0.2) is 64.9 Å². The highest BCUT2D eigenvalue weighted by atomic mass is 16.5. The van der Waals surface area contributed by atoms with E-state index in [0.717, 1.165) is 5.56 Å². The van der Waals surface area contributed by atoms with Crippen molar-refractivity contribution in [2.45, 2.75) is 26.0 Å². The topological polar surface area (TPSA) is 83.0 Å². The molecule has 1 aromatic heterocycles. The van der Waals surface area contributed by atoms with Crippen molar-refractivity contribution in [1.82, 2.24) is 14.8 Å². The van der Waals surface area contributed by atoms with Gasteiger partial charge in [0.15, 0.2) is 0 Å². The van der Waals surface area contributed by atoms with Crippen LogP contribution in [0.2, 0.25) is 0 Å². The fraction of sp³-hybridized carbons (Fsp3) is 0.348. The Morgan fingerprint density at radius 3 is 2.33 bits per heavy atom. The van der Waals surface area contributed by atoms with Gasteiger partial charge in [0.1, 0.15) is 11.5 Å². The van der Waals surface area contributed by atoms with Crippen molar-refractivity contribution in [1.29, 1.82) is 0 Å². The van der Waals surface area contributed by atoms with E-state index in [4.69, 9.17) is 4.74 Å². The van der Waals surface area contributed by atoms with Crippen molar-refractivity contribution in [3.63, 3.8) is 0 Å². The highest BCUT2D eigenvalue weighted by Gasteiger charge is 2.45. The van der Waals surface area contributed by atoms with Crippen LogP contribution in [0.25, 0.3) is 5.76 Å². The maximum absolute atomic E-state index is 12.9. The number of amides is 1. The van der Waals surface area contributed by atoms with Crippen molar-refractivity contribution in [2.75, 3.05) is 27.2 Å². The Morgan fingerprint density at radius 2 is 1.77 bits per heavy atom. The van der Waals surface area contributed by atoms with Gasteiger partial charge >= 0.3 is 0 Å². The van der Waals surface area contributed by atoms with Crippen molar-refractivity contribution in [3.8, 4) is 5.75 Å². The number of nitrogens with zero attached hydrogens (tertiary/aromatic N) is 3. The summed E-state index contributed by atoms with van der Waals surface area (Å²) < 4.78 is 5.64. The van der Waals surface area contributed by atoms with Crippen molar-refractivity contribution in [2.24, 2.45) is 0 Å². The second-order valence-corrected chi connectivity index (χ2v) is 7.77. The van der Waals surface area contributed by atoms with Crippen molar-refractivity contribution >= 4 is 17.4 Å². The number of ether oxygens (including phenoxy) is 1. The summed E-state index contributed by atoms with van der Waals surface area (Å²) in [5.74, 6) is -0.826. The van der Waals surface area contributed by atoms with Crippen LogP contribution in [0.1, 0.15) is 31.0 Å². The van der Waals surface area contributed by atoms with E-state index in [-0.39, 0.29) is 17.4 Å². The molecule has 0 aliphatic carbocycles. The molecule has 1 N–H and O–H groups in total. The zero-order valence-electron chi connectivity index (χ0n) is 17.7. The number of hydrogen-bond donors (Lipinski definition) is 1. The monoisotopic (exact) mass is 409 g/mol. The highest BCUT2D eigenvalue weighted by Crippen LogP contribution is 2.39. The molecule has 0 radical (unpaired) electrons. The molecule has 2 aromatic rings. The number of likely N-dealkylation sites (tertiary alicyclic amines) is 1. The van der Waals surface area contributed by atoms with E-state index >= 15 is 0 Å². The van der Waals surface area contributed by atoms with Gasteiger partial charge in [-0.05, 0) is 69.9 Å². The van der Waals surface area contributed by atoms with Crippen LogP contribution in [0, 0.1) is 0 Å². The lowest BCUT2D eigenvalue weighted by molar-refractivity contribution is -0.140. The summed E-state index contributed by atoms with van der Waals surface area (Å²) in [5, 5.41) is 11.0. The molecule has 3 rings (SSSR count). The summed E-state index contributed by atoms with van der Waals surface area (Å²) in [4.78, 5) is 33.2. The Hall–Kier alpha value is -3.19. The first-order valence-electron chi connectivity index (χ1n) is 9.89. The molecule has 0 unspecified atom stereocenters. The van der Waals surface area contributed by atoms with Crippen LogP contribution >= 0.6 is 0 Å². The van der Waals surface area contributed by atoms with Gasteiger partial charge in [0.05, 0.1) is 17.7 Å². The summed E-state index contributed by atoms with van der Waals surface area (Å²) in [6.45, 7) is 4.81. The second-order valence-electron chi connectivity index (χ2n) is 7.77. The van der Waals surface area contributed by atoms with Gasteiger partial charge in [-0.3, -0.25) is 14.6 Å². The quantitative estimate of drug-likeness (QED) is 0.430. The molecule has 30 heavy (non-hydrogen) atoms. The maximum Gasteiger partial charge on any atom is 0.295 e. The van der Waals surface area contributed by atoms with Gasteiger partial charge in [-0.15, -0.1) is 0 Å². The molecule has 7 nitrogen and oxygen atoms in total. The molecule has 0 bridgehead atoms. The Kier molecular flexibility index (Phi) is 6.52. The molecule has 1 aliphatic heterocycles. The fourth-order valence-electron chi connectivity index (χ4n) is 3.43. The first-order chi connectivity index (χ1) is 14.3. The minimum Gasteiger partial charge on any atom is -0.507 e. The Labute approximate surface area is 176 Å². The van der Waals surface area contributed by atoms with Gasteiger partial charge < -0.3 is 19.6 Å². The number of rotatable bonds is 7. The van der Waals surface area contributed by atoms with Crippen LogP contribution in [0.5, 0.6) is 5.75 Å². The highest BCUT2D eigenvalue weighted by molar-refractivity contribution is 6.46. The van der Waals surface area contributed by atoms with Crippen LogP contribution in [0.4, 0.5) is 0 Å². The molecule has 2 heterocycles.